The minimum atomic E-state index is -0.0116. The molecule has 22 heavy (non-hydrogen) atoms. The highest BCUT2D eigenvalue weighted by Crippen LogP contribution is 2.28. The third kappa shape index (κ3) is 2.93. The standard InChI is InChI=1S/C19H17NO2/c1-22-18-10-6-5-9-17(18)16-11-12-19(21)20(14-16)13-15-7-3-2-4-8-15/h2-12,14H,13H2,1H3. The van der Waals surface area contributed by atoms with E-state index in [2.05, 4.69) is 0 Å². The molecule has 0 saturated heterocycles. The van der Waals surface area contributed by atoms with Crippen molar-refractivity contribution in [2.75, 3.05) is 7.11 Å². The molecule has 3 aromatic rings. The van der Waals surface area contributed by atoms with Gasteiger partial charge >= 0.3 is 0 Å². The van der Waals surface area contributed by atoms with Gasteiger partial charge in [-0.05, 0) is 17.7 Å². The van der Waals surface area contributed by atoms with Crippen LogP contribution in [-0.2, 0) is 6.54 Å². The highest BCUT2D eigenvalue weighted by molar-refractivity contribution is 5.69. The monoisotopic (exact) mass is 291 g/mol. The highest BCUT2D eigenvalue weighted by atomic mass is 16.5. The molecule has 1 aromatic heterocycles. The number of methoxy groups -OCH3 is 1. The molecular weight excluding hydrogens is 274 g/mol. The molecule has 110 valence electrons. The number of ether oxygens (including phenoxy) is 1. The lowest BCUT2D eigenvalue weighted by atomic mass is 10.1. The fourth-order valence-electron chi connectivity index (χ4n) is 2.48. The molecule has 3 rings (SSSR count). The minimum Gasteiger partial charge on any atom is -0.496 e. The first kappa shape index (κ1) is 14.1. The number of aromatic nitrogens is 1. The number of hydrogen-bond acceptors (Lipinski definition) is 2. The van der Waals surface area contributed by atoms with Crippen LogP contribution in [0.15, 0.2) is 77.7 Å². The van der Waals surface area contributed by atoms with Crippen molar-refractivity contribution in [2.24, 2.45) is 0 Å². The van der Waals surface area contributed by atoms with Gasteiger partial charge in [-0.1, -0.05) is 48.5 Å². The van der Waals surface area contributed by atoms with E-state index in [1.54, 1.807) is 17.7 Å². The fourth-order valence-corrected chi connectivity index (χ4v) is 2.48. The van der Waals surface area contributed by atoms with Crippen molar-refractivity contribution in [2.45, 2.75) is 6.54 Å². The Labute approximate surface area is 129 Å². The van der Waals surface area contributed by atoms with Crippen LogP contribution in [-0.4, -0.2) is 11.7 Å². The third-order valence-corrected chi connectivity index (χ3v) is 3.60. The van der Waals surface area contributed by atoms with Crippen LogP contribution in [0, 0.1) is 0 Å². The van der Waals surface area contributed by atoms with E-state index in [1.165, 1.54) is 0 Å². The number of hydrogen-bond donors (Lipinski definition) is 0. The van der Waals surface area contributed by atoms with Gasteiger partial charge in [-0.25, -0.2) is 0 Å². The van der Waals surface area contributed by atoms with E-state index in [0.29, 0.717) is 6.54 Å². The molecule has 3 nitrogen and oxygen atoms in total. The molecule has 1 heterocycles. The molecule has 0 spiro atoms. The zero-order chi connectivity index (χ0) is 15.4. The van der Waals surface area contributed by atoms with Crippen molar-refractivity contribution >= 4 is 0 Å². The fraction of sp³-hybridized carbons (Fsp3) is 0.105. The first-order valence-corrected chi connectivity index (χ1v) is 7.16. The second kappa shape index (κ2) is 6.31. The summed E-state index contributed by atoms with van der Waals surface area (Å²) in [6.45, 7) is 0.558. The maximum atomic E-state index is 12.1. The number of pyridine rings is 1. The average molecular weight is 291 g/mol. The molecule has 2 aromatic carbocycles. The molecule has 0 radical (unpaired) electrons. The van der Waals surface area contributed by atoms with Gasteiger partial charge in [-0.15, -0.1) is 0 Å². The van der Waals surface area contributed by atoms with E-state index in [1.807, 2.05) is 66.9 Å². The maximum Gasteiger partial charge on any atom is 0.250 e. The first-order chi connectivity index (χ1) is 10.8. The predicted molar refractivity (Wildman–Crippen MR) is 88.2 cm³/mol. The van der Waals surface area contributed by atoms with Gasteiger partial charge in [0.15, 0.2) is 0 Å². The summed E-state index contributed by atoms with van der Waals surface area (Å²) < 4.78 is 7.12. The topological polar surface area (TPSA) is 31.2 Å². The van der Waals surface area contributed by atoms with Crippen molar-refractivity contribution in [3.05, 3.63) is 88.8 Å². The number of para-hydroxylation sites is 1. The van der Waals surface area contributed by atoms with E-state index >= 15 is 0 Å². The first-order valence-electron chi connectivity index (χ1n) is 7.16. The van der Waals surface area contributed by atoms with Crippen LogP contribution in [0.3, 0.4) is 0 Å². The largest absolute Gasteiger partial charge is 0.496 e. The Bertz CT molecular complexity index is 822. The van der Waals surface area contributed by atoms with Gasteiger partial charge in [0, 0.05) is 23.4 Å². The number of nitrogens with zero attached hydrogens (tertiary/aromatic N) is 1. The van der Waals surface area contributed by atoms with Crippen molar-refractivity contribution in [3.63, 3.8) is 0 Å². The van der Waals surface area contributed by atoms with Gasteiger partial charge in [-0.2, -0.15) is 0 Å². The molecule has 0 unspecified atom stereocenters. The molecule has 3 heteroatoms. The van der Waals surface area contributed by atoms with Gasteiger partial charge in [0.1, 0.15) is 5.75 Å². The van der Waals surface area contributed by atoms with Crippen LogP contribution in [0.2, 0.25) is 0 Å². The van der Waals surface area contributed by atoms with Gasteiger partial charge in [-0.3, -0.25) is 4.79 Å². The van der Waals surface area contributed by atoms with Crippen molar-refractivity contribution in [1.82, 2.24) is 4.57 Å². The molecule has 0 bridgehead atoms. The number of rotatable bonds is 4. The quantitative estimate of drug-likeness (QED) is 0.736. The molecule has 0 aliphatic rings. The third-order valence-electron chi connectivity index (χ3n) is 3.60. The molecule has 0 N–H and O–H groups in total. The van der Waals surface area contributed by atoms with Gasteiger partial charge in [0.25, 0.3) is 5.56 Å². The highest BCUT2D eigenvalue weighted by Gasteiger charge is 2.07. The van der Waals surface area contributed by atoms with Crippen LogP contribution >= 0.6 is 0 Å². The molecule has 0 aliphatic carbocycles. The summed E-state index contributed by atoms with van der Waals surface area (Å²) in [4.78, 5) is 12.1. The SMILES string of the molecule is COc1ccccc1-c1ccc(=O)n(Cc2ccccc2)c1. The molecule has 0 atom stereocenters. The molecule has 0 aliphatic heterocycles. The van der Waals surface area contributed by atoms with Crippen LogP contribution in [0.4, 0.5) is 0 Å². The smallest absolute Gasteiger partial charge is 0.250 e. The lowest BCUT2D eigenvalue weighted by molar-refractivity contribution is 0.416. The summed E-state index contributed by atoms with van der Waals surface area (Å²) in [5.41, 5.74) is 3.03. The summed E-state index contributed by atoms with van der Waals surface area (Å²) in [7, 11) is 1.65. The Kier molecular flexibility index (Phi) is 4.05. The molecular formula is C19H17NO2. The Morgan fingerprint density at radius 2 is 1.64 bits per heavy atom. The van der Waals surface area contributed by atoms with Crippen LogP contribution in [0.1, 0.15) is 5.56 Å². The summed E-state index contributed by atoms with van der Waals surface area (Å²) in [6, 6.07) is 21.2. The lowest BCUT2D eigenvalue weighted by Crippen LogP contribution is -2.19. The second-order valence-electron chi connectivity index (χ2n) is 5.07. The van der Waals surface area contributed by atoms with E-state index in [0.717, 1.165) is 22.4 Å². The number of benzene rings is 2. The van der Waals surface area contributed by atoms with E-state index in [9.17, 15) is 4.79 Å². The second-order valence-corrected chi connectivity index (χ2v) is 5.07. The Hall–Kier alpha value is -2.81. The zero-order valence-electron chi connectivity index (χ0n) is 12.4. The van der Waals surface area contributed by atoms with E-state index in [-0.39, 0.29) is 5.56 Å². The zero-order valence-corrected chi connectivity index (χ0v) is 12.4. The normalized spacial score (nSPS) is 10.4. The lowest BCUT2D eigenvalue weighted by Gasteiger charge is -2.11. The molecule has 0 amide bonds. The molecule has 0 fully saturated rings. The maximum absolute atomic E-state index is 12.1. The van der Waals surface area contributed by atoms with Gasteiger partial charge < -0.3 is 9.30 Å². The Morgan fingerprint density at radius 3 is 2.41 bits per heavy atom. The summed E-state index contributed by atoms with van der Waals surface area (Å²) in [6.07, 6.45) is 1.88. The van der Waals surface area contributed by atoms with Crippen molar-refractivity contribution < 1.29 is 4.74 Å². The Balaban J connectivity index is 2.01. The molecule has 0 saturated carbocycles. The van der Waals surface area contributed by atoms with Crippen LogP contribution in [0.25, 0.3) is 11.1 Å². The van der Waals surface area contributed by atoms with E-state index < -0.39 is 0 Å². The van der Waals surface area contributed by atoms with Gasteiger partial charge in [0.05, 0.1) is 13.7 Å². The minimum absolute atomic E-state index is 0.0116. The predicted octanol–water partition coefficient (Wildman–Crippen LogP) is 3.57. The summed E-state index contributed by atoms with van der Waals surface area (Å²) >= 11 is 0. The summed E-state index contributed by atoms with van der Waals surface area (Å²) in [5.74, 6) is 0.799. The van der Waals surface area contributed by atoms with Crippen molar-refractivity contribution in [3.8, 4) is 16.9 Å². The van der Waals surface area contributed by atoms with Crippen molar-refractivity contribution in [1.29, 1.82) is 0 Å². The average Bonchev–Trinajstić information content (AvgIpc) is 2.58. The summed E-state index contributed by atoms with van der Waals surface area (Å²) in [5, 5.41) is 0. The Morgan fingerprint density at radius 1 is 0.909 bits per heavy atom. The van der Waals surface area contributed by atoms with Crippen LogP contribution < -0.4 is 10.3 Å². The van der Waals surface area contributed by atoms with Gasteiger partial charge in [0.2, 0.25) is 0 Å². The van der Waals surface area contributed by atoms with E-state index in [4.69, 9.17) is 4.74 Å². The van der Waals surface area contributed by atoms with Crippen LogP contribution in [0.5, 0.6) is 5.75 Å².